The number of amides is 2. The van der Waals surface area contributed by atoms with E-state index in [1.54, 1.807) is 10.9 Å². The molecule has 3 rings (SSSR count). The van der Waals surface area contributed by atoms with Crippen LogP contribution in [0.2, 0.25) is 5.15 Å². The molecule has 1 atom stereocenters. The van der Waals surface area contributed by atoms with Gasteiger partial charge in [-0.1, -0.05) is 11.6 Å². The lowest BCUT2D eigenvalue weighted by molar-refractivity contribution is -0.0298. The van der Waals surface area contributed by atoms with Crippen molar-refractivity contribution in [3.8, 4) is 0 Å². The van der Waals surface area contributed by atoms with Crippen molar-refractivity contribution in [3.63, 3.8) is 0 Å². The van der Waals surface area contributed by atoms with Crippen LogP contribution in [0.5, 0.6) is 0 Å². The zero-order valence-corrected chi connectivity index (χ0v) is 11.3. The average Bonchev–Trinajstić information content (AvgIpc) is 2.83. The van der Waals surface area contributed by atoms with Gasteiger partial charge in [0.1, 0.15) is 11.7 Å². The van der Waals surface area contributed by atoms with E-state index in [0.29, 0.717) is 17.8 Å². The number of aromatic nitrogens is 4. The zero-order valence-electron chi connectivity index (χ0n) is 10.5. The molecule has 0 saturated carbocycles. The largest absolute Gasteiger partial charge is 0.358 e. The van der Waals surface area contributed by atoms with Gasteiger partial charge in [0.05, 0.1) is 6.33 Å². The molecule has 106 valence electrons. The summed E-state index contributed by atoms with van der Waals surface area (Å²) in [7, 11) is 0. The zero-order chi connectivity index (χ0) is 14.1. The van der Waals surface area contributed by atoms with Gasteiger partial charge in [0.25, 0.3) is 0 Å². The third-order valence-corrected chi connectivity index (χ3v) is 3.34. The Hall–Kier alpha value is -1.93. The molecule has 0 aliphatic carbocycles. The Labute approximate surface area is 119 Å². The van der Waals surface area contributed by atoms with Crippen LogP contribution in [0.3, 0.4) is 0 Å². The molecule has 1 saturated heterocycles. The van der Waals surface area contributed by atoms with Crippen LogP contribution in [-0.4, -0.2) is 32.2 Å². The number of fused-ring (bicyclic) bond motifs is 1. The summed E-state index contributed by atoms with van der Waals surface area (Å²) in [4.78, 5) is 23.2. The van der Waals surface area contributed by atoms with Gasteiger partial charge in [-0.25, -0.2) is 9.78 Å². The van der Waals surface area contributed by atoms with Crippen molar-refractivity contribution in [2.45, 2.75) is 25.5 Å². The molecule has 0 radical (unpaired) electrons. The van der Waals surface area contributed by atoms with Gasteiger partial charge < -0.3 is 10.5 Å². The summed E-state index contributed by atoms with van der Waals surface area (Å²) >= 11 is 6.04. The summed E-state index contributed by atoms with van der Waals surface area (Å²) in [5.74, 6) is 0.0487. The predicted molar refractivity (Wildman–Crippen MR) is 72.4 cm³/mol. The third-order valence-electron chi connectivity index (χ3n) is 3.08. The first-order chi connectivity index (χ1) is 9.65. The van der Waals surface area contributed by atoms with E-state index in [1.807, 2.05) is 0 Å². The van der Waals surface area contributed by atoms with E-state index in [-0.39, 0.29) is 17.3 Å². The van der Waals surface area contributed by atoms with E-state index < -0.39 is 6.03 Å². The number of nitrogens with zero attached hydrogens (tertiary/aromatic N) is 4. The van der Waals surface area contributed by atoms with Crippen molar-refractivity contribution in [2.75, 3.05) is 11.9 Å². The van der Waals surface area contributed by atoms with Crippen molar-refractivity contribution >= 4 is 34.7 Å². The lowest BCUT2D eigenvalue weighted by Crippen LogP contribution is -2.21. The molecule has 9 heteroatoms. The summed E-state index contributed by atoms with van der Waals surface area (Å²) < 4.78 is 7.50. The second-order valence-electron chi connectivity index (χ2n) is 4.47. The fraction of sp³-hybridized carbons (Fsp3) is 0.455. The number of halogens is 1. The molecule has 1 fully saturated rings. The minimum absolute atomic E-state index is 0.0487. The maximum atomic E-state index is 10.9. The highest BCUT2D eigenvalue weighted by Crippen LogP contribution is 2.28. The highest BCUT2D eigenvalue weighted by atomic mass is 35.5. The van der Waals surface area contributed by atoms with Crippen molar-refractivity contribution in [3.05, 3.63) is 11.5 Å². The van der Waals surface area contributed by atoms with E-state index in [0.717, 1.165) is 19.3 Å². The Morgan fingerprint density at radius 1 is 1.50 bits per heavy atom. The van der Waals surface area contributed by atoms with Crippen LogP contribution in [0, 0.1) is 0 Å². The number of rotatable bonds is 2. The molecule has 3 heterocycles. The number of imidazole rings is 1. The number of hydrogen-bond donors (Lipinski definition) is 2. The lowest BCUT2D eigenvalue weighted by Gasteiger charge is -2.23. The quantitative estimate of drug-likeness (QED) is 0.819. The van der Waals surface area contributed by atoms with E-state index in [2.05, 4.69) is 20.3 Å². The molecule has 1 unspecified atom stereocenters. The minimum atomic E-state index is -0.750. The Morgan fingerprint density at radius 3 is 3.05 bits per heavy atom. The second kappa shape index (κ2) is 5.22. The van der Waals surface area contributed by atoms with Crippen LogP contribution in [-0.2, 0) is 4.74 Å². The van der Waals surface area contributed by atoms with E-state index in [1.165, 1.54) is 0 Å². The molecule has 0 spiro atoms. The van der Waals surface area contributed by atoms with Gasteiger partial charge in [0, 0.05) is 6.61 Å². The number of nitrogens with one attached hydrogen (secondary N) is 1. The highest BCUT2D eigenvalue weighted by molar-refractivity contribution is 6.33. The fourth-order valence-electron chi connectivity index (χ4n) is 2.20. The van der Waals surface area contributed by atoms with Crippen molar-refractivity contribution in [1.82, 2.24) is 19.5 Å². The highest BCUT2D eigenvalue weighted by Gasteiger charge is 2.20. The van der Waals surface area contributed by atoms with Gasteiger partial charge in [-0.15, -0.1) is 0 Å². The minimum Gasteiger partial charge on any atom is -0.358 e. The van der Waals surface area contributed by atoms with Crippen LogP contribution >= 0.6 is 11.6 Å². The van der Waals surface area contributed by atoms with E-state index in [9.17, 15) is 4.79 Å². The molecular formula is C11H13ClN6O2. The molecule has 0 bridgehead atoms. The van der Waals surface area contributed by atoms with Gasteiger partial charge in [0.15, 0.2) is 10.8 Å². The maximum Gasteiger partial charge on any atom is 0.319 e. The first-order valence-corrected chi connectivity index (χ1v) is 6.61. The summed E-state index contributed by atoms with van der Waals surface area (Å²) in [6, 6.07) is -0.750. The van der Waals surface area contributed by atoms with Crippen LogP contribution in [0.25, 0.3) is 11.2 Å². The normalized spacial score (nSPS) is 19.1. The maximum absolute atomic E-state index is 10.9. The Bertz CT molecular complexity index is 652. The van der Waals surface area contributed by atoms with Gasteiger partial charge in [-0.3, -0.25) is 9.88 Å². The van der Waals surface area contributed by atoms with E-state index >= 15 is 0 Å². The van der Waals surface area contributed by atoms with Crippen LogP contribution in [0.15, 0.2) is 6.33 Å². The summed E-state index contributed by atoms with van der Waals surface area (Å²) in [5.41, 5.74) is 6.04. The molecule has 8 nitrogen and oxygen atoms in total. The standard InChI is InChI=1S/C11H13ClN6O2/c12-8-7-9(16-11(15-8)17-10(13)19)18(5-14-7)6-3-1-2-4-20-6/h5-6H,1-4H2,(H3,13,15,16,17,19). The molecule has 2 aromatic rings. The van der Waals surface area contributed by atoms with Crippen molar-refractivity contribution in [1.29, 1.82) is 0 Å². The number of anilines is 1. The molecule has 1 aliphatic heterocycles. The van der Waals surface area contributed by atoms with Crippen LogP contribution in [0.4, 0.5) is 10.7 Å². The predicted octanol–water partition coefficient (Wildman–Crippen LogP) is 1.67. The molecule has 1 aliphatic rings. The number of nitrogens with two attached hydrogens (primary N) is 1. The topological polar surface area (TPSA) is 108 Å². The average molecular weight is 297 g/mol. The molecule has 20 heavy (non-hydrogen) atoms. The van der Waals surface area contributed by atoms with Crippen molar-refractivity contribution < 1.29 is 9.53 Å². The number of carbonyl (C=O) groups is 1. The molecule has 2 aromatic heterocycles. The number of primary amides is 1. The monoisotopic (exact) mass is 296 g/mol. The van der Waals surface area contributed by atoms with E-state index in [4.69, 9.17) is 22.1 Å². The van der Waals surface area contributed by atoms with Crippen LogP contribution in [0.1, 0.15) is 25.5 Å². The first kappa shape index (κ1) is 13.1. The molecular weight excluding hydrogens is 284 g/mol. The Kier molecular flexibility index (Phi) is 3.41. The molecule has 3 N–H and O–H groups in total. The number of carbonyl (C=O) groups excluding carboxylic acids is 1. The SMILES string of the molecule is NC(=O)Nc1nc(Cl)c2ncn(C3CCCCO3)c2n1. The van der Waals surface area contributed by atoms with Crippen LogP contribution < -0.4 is 11.1 Å². The smallest absolute Gasteiger partial charge is 0.319 e. The second-order valence-corrected chi connectivity index (χ2v) is 4.83. The van der Waals surface area contributed by atoms with Gasteiger partial charge in [-0.2, -0.15) is 9.97 Å². The summed E-state index contributed by atoms with van der Waals surface area (Å²) in [5, 5.41) is 2.47. The first-order valence-electron chi connectivity index (χ1n) is 6.23. The third kappa shape index (κ3) is 2.39. The number of hydrogen-bond acceptors (Lipinski definition) is 5. The van der Waals surface area contributed by atoms with Gasteiger partial charge >= 0.3 is 6.03 Å². The van der Waals surface area contributed by atoms with Gasteiger partial charge in [-0.05, 0) is 19.3 Å². The Morgan fingerprint density at radius 2 is 2.35 bits per heavy atom. The molecule has 0 aromatic carbocycles. The van der Waals surface area contributed by atoms with Crippen molar-refractivity contribution in [2.24, 2.45) is 5.73 Å². The Balaban J connectivity index is 2.04. The van der Waals surface area contributed by atoms with Gasteiger partial charge in [0.2, 0.25) is 5.95 Å². The number of ether oxygens (including phenoxy) is 1. The fourth-order valence-corrected chi connectivity index (χ4v) is 2.42. The molecule has 2 amide bonds. The summed E-state index contributed by atoms with van der Waals surface area (Å²) in [6.45, 7) is 0.704. The lowest BCUT2D eigenvalue weighted by atomic mass is 10.2. The summed E-state index contributed by atoms with van der Waals surface area (Å²) in [6.07, 6.45) is 4.50. The number of urea groups is 1.